The molecule has 186 valence electrons. The van der Waals surface area contributed by atoms with Crippen LogP contribution >= 0.6 is 31.9 Å². The average Bonchev–Trinajstić information content (AvgIpc) is 2.97. The summed E-state index contributed by atoms with van der Waals surface area (Å²) >= 11 is 8.09. The van der Waals surface area contributed by atoms with Crippen LogP contribution in [0.1, 0.15) is 35.8 Å². The molecule has 2 aromatic rings. The molecular weight excluding hydrogens is 592 g/mol. The third-order valence-corrected chi connectivity index (χ3v) is 10.9. The Morgan fingerprint density at radius 2 is 0.921 bits per heavy atom. The average molecular weight is 620 g/mol. The zero-order valence-electron chi connectivity index (χ0n) is 21.0. The lowest BCUT2D eigenvalue weighted by Crippen LogP contribution is -2.26. The lowest BCUT2D eigenvalue weighted by atomic mass is 9.72. The van der Waals surface area contributed by atoms with Crippen LogP contribution in [0.25, 0.3) is 19.7 Å². The van der Waals surface area contributed by atoms with Crippen LogP contribution in [0, 0.1) is 23.7 Å². The summed E-state index contributed by atoms with van der Waals surface area (Å²) in [5, 5.41) is 5.62. The first kappa shape index (κ1) is 23.2. The number of halogens is 2. The van der Waals surface area contributed by atoms with Gasteiger partial charge in [-0.05, 0) is 56.3 Å². The quantitative estimate of drug-likeness (QED) is 0.316. The van der Waals surface area contributed by atoms with Gasteiger partial charge in [0.05, 0.1) is 0 Å². The fourth-order valence-corrected chi connectivity index (χ4v) is 8.75. The SMILES string of the molecule is BrC1=c2ccc3c4c(ccc(c24)C(C2=CC4C=CC=CC4C=C2)C1)=C(Br)CC3C1=CC2C=CC=CC2C=C1. The molecule has 8 rings (SSSR count). The van der Waals surface area contributed by atoms with Crippen molar-refractivity contribution in [1.82, 2.24) is 0 Å². The molecule has 6 aliphatic carbocycles. The third kappa shape index (κ3) is 3.53. The molecule has 0 fully saturated rings. The number of fused-ring (bicyclic) bond motifs is 2. The maximum atomic E-state index is 4.05. The van der Waals surface area contributed by atoms with Crippen molar-refractivity contribution in [2.24, 2.45) is 23.7 Å². The highest BCUT2D eigenvalue weighted by molar-refractivity contribution is 9.15. The van der Waals surface area contributed by atoms with Crippen LogP contribution in [0.15, 0.2) is 120 Å². The van der Waals surface area contributed by atoms with E-state index in [1.54, 1.807) is 0 Å². The molecule has 6 atom stereocenters. The number of hydrogen-bond acceptors (Lipinski definition) is 0. The standard InChI is InChI=1S/C36H28Br2/c37-33-19-31(25-11-9-21-5-1-3-7-23(21)17-25)27-13-15-30-34(38)20-32(28-14-16-29(33)35(27)36(28)30)26-12-10-22-6-2-4-8-24(22)18-26/h1-18,21-24,31-32H,19-20H2. The van der Waals surface area contributed by atoms with E-state index in [0.717, 1.165) is 12.8 Å². The van der Waals surface area contributed by atoms with Gasteiger partial charge in [-0.15, -0.1) is 0 Å². The minimum atomic E-state index is 0.366. The van der Waals surface area contributed by atoms with Gasteiger partial charge < -0.3 is 0 Å². The molecule has 0 amide bonds. The predicted octanol–water partition coefficient (Wildman–Crippen LogP) is 8.53. The molecule has 0 bridgehead atoms. The zero-order valence-corrected chi connectivity index (χ0v) is 24.2. The Hall–Kier alpha value is -2.68. The Balaban J connectivity index is 1.30. The first-order chi connectivity index (χ1) is 18.7. The Kier molecular flexibility index (Phi) is 5.46. The minimum absolute atomic E-state index is 0.366. The second kappa shape index (κ2) is 8.93. The molecular formula is C36H28Br2. The second-order valence-corrected chi connectivity index (χ2v) is 13.3. The lowest BCUT2D eigenvalue weighted by Gasteiger charge is -2.33. The van der Waals surface area contributed by atoms with Crippen LogP contribution in [-0.2, 0) is 0 Å². The fraction of sp³-hybridized carbons (Fsp3) is 0.222. The third-order valence-electron chi connectivity index (χ3n) is 9.37. The Bertz CT molecular complexity index is 1640. The number of rotatable bonds is 2. The van der Waals surface area contributed by atoms with Crippen molar-refractivity contribution in [2.75, 3.05) is 0 Å². The van der Waals surface area contributed by atoms with Crippen molar-refractivity contribution in [1.29, 1.82) is 0 Å². The topological polar surface area (TPSA) is 0 Å². The van der Waals surface area contributed by atoms with Gasteiger partial charge in [0.15, 0.2) is 0 Å². The summed E-state index contributed by atoms with van der Waals surface area (Å²) in [6, 6.07) is 9.59. The molecule has 0 saturated carbocycles. The fourth-order valence-electron chi connectivity index (χ4n) is 7.44. The molecule has 0 nitrogen and oxygen atoms in total. The first-order valence-corrected chi connectivity index (χ1v) is 15.4. The van der Waals surface area contributed by atoms with E-state index in [0.29, 0.717) is 35.5 Å². The largest absolute Gasteiger partial charge is 0.0767 e. The van der Waals surface area contributed by atoms with Crippen molar-refractivity contribution in [2.45, 2.75) is 24.7 Å². The van der Waals surface area contributed by atoms with E-state index in [2.05, 4.69) is 141 Å². The molecule has 6 unspecified atom stereocenters. The monoisotopic (exact) mass is 618 g/mol. The van der Waals surface area contributed by atoms with E-state index < -0.39 is 0 Å². The molecule has 38 heavy (non-hydrogen) atoms. The van der Waals surface area contributed by atoms with E-state index in [-0.39, 0.29) is 0 Å². The molecule has 6 aliphatic rings. The first-order valence-electron chi connectivity index (χ1n) is 13.8. The number of allylic oxidation sites excluding steroid dienone is 16. The number of benzene rings is 2. The molecule has 0 aromatic heterocycles. The molecule has 2 heteroatoms. The van der Waals surface area contributed by atoms with E-state index in [1.807, 2.05) is 0 Å². The van der Waals surface area contributed by atoms with Crippen molar-refractivity contribution >= 4 is 51.6 Å². The maximum absolute atomic E-state index is 4.05. The van der Waals surface area contributed by atoms with Crippen molar-refractivity contribution in [3.05, 3.63) is 142 Å². The minimum Gasteiger partial charge on any atom is -0.0767 e. The number of hydrogen-bond donors (Lipinski definition) is 0. The van der Waals surface area contributed by atoms with Gasteiger partial charge in [0.2, 0.25) is 0 Å². The maximum Gasteiger partial charge on any atom is 0.0138 e. The second-order valence-electron chi connectivity index (χ2n) is 11.4. The summed E-state index contributed by atoms with van der Waals surface area (Å²) in [4.78, 5) is 0. The molecule has 2 aromatic carbocycles. The van der Waals surface area contributed by atoms with Crippen LogP contribution in [0.2, 0.25) is 0 Å². The Morgan fingerprint density at radius 1 is 0.500 bits per heavy atom. The van der Waals surface area contributed by atoms with Crippen LogP contribution in [0.3, 0.4) is 0 Å². The van der Waals surface area contributed by atoms with Gasteiger partial charge in [-0.1, -0.05) is 141 Å². The summed E-state index contributed by atoms with van der Waals surface area (Å²) < 4.78 is 2.65. The molecule has 0 saturated heterocycles. The molecule has 0 heterocycles. The van der Waals surface area contributed by atoms with E-state index >= 15 is 0 Å². The van der Waals surface area contributed by atoms with Crippen LogP contribution in [0.5, 0.6) is 0 Å². The lowest BCUT2D eigenvalue weighted by molar-refractivity contribution is 0.642. The highest BCUT2D eigenvalue weighted by Gasteiger charge is 2.32. The Morgan fingerprint density at radius 3 is 1.37 bits per heavy atom. The van der Waals surface area contributed by atoms with Gasteiger partial charge in [-0.2, -0.15) is 0 Å². The zero-order chi connectivity index (χ0) is 25.4. The van der Waals surface area contributed by atoms with Gasteiger partial charge in [0.25, 0.3) is 0 Å². The highest BCUT2D eigenvalue weighted by Crippen LogP contribution is 2.47. The van der Waals surface area contributed by atoms with Crippen LogP contribution in [-0.4, -0.2) is 0 Å². The van der Waals surface area contributed by atoms with Gasteiger partial charge >= 0.3 is 0 Å². The summed E-state index contributed by atoms with van der Waals surface area (Å²) in [6.45, 7) is 0. The normalized spacial score (nSPS) is 31.8. The van der Waals surface area contributed by atoms with E-state index in [4.69, 9.17) is 0 Å². The van der Waals surface area contributed by atoms with Crippen LogP contribution in [0.4, 0.5) is 0 Å². The van der Waals surface area contributed by atoms with Crippen molar-refractivity contribution in [3.63, 3.8) is 0 Å². The van der Waals surface area contributed by atoms with Crippen molar-refractivity contribution < 1.29 is 0 Å². The van der Waals surface area contributed by atoms with Gasteiger partial charge in [-0.3, -0.25) is 0 Å². The molecule has 0 N–H and O–H groups in total. The Labute approximate surface area is 240 Å². The van der Waals surface area contributed by atoms with Crippen LogP contribution < -0.4 is 10.4 Å². The molecule has 0 aliphatic heterocycles. The predicted molar refractivity (Wildman–Crippen MR) is 168 cm³/mol. The van der Waals surface area contributed by atoms with Gasteiger partial charge in [0, 0.05) is 44.5 Å². The molecule has 0 spiro atoms. The summed E-state index contributed by atoms with van der Waals surface area (Å²) in [6.07, 6.45) is 34.7. The summed E-state index contributed by atoms with van der Waals surface area (Å²) in [7, 11) is 0. The molecule has 0 radical (unpaired) electrons. The van der Waals surface area contributed by atoms with Crippen molar-refractivity contribution in [3.8, 4) is 0 Å². The van der Waals surface area contributed by atoms with E-state index in [1.165, 1.54) is 52.4 Å². The summed E-state index contributed by atoms with van der Waals surface area (Å²) in [5.74, 6) is 2.64. The summed E-state index contributed by atoms with van der Waals surface area (Å²) in [5.41, 5.74) is 5.85. The smallest absolute Gasteiger partial charge is 0.0138 e. The van der Waals surface area contributed by atoms with E-state index in [9.17, 15) is 0 Å². The highest BCUT2D eigenvalue weighted by atomic mass is 79.9. The van der Waals surface area contributed by atoms with Gasteiger partial charge in [0.1, 0.15) is 0 Å². The van der Waals surface area contributed by atoms with Gasteiger partial charge in [-0.25, -0.2) is 0 Å².